The summed E-state index contributed by atoms with van der Waals surface area (Å²) in [5, 5.41) is 5.22. The summed E-state index contributed by atoms with van der Waals surface area (Å²) < 4.78 is 14.7. The van der Waals surface area contributed by atoms with Crippen LogP contribution in [0, 0.1) is 5.82 Å². The Kier molecular flexibility index (Phi) is 4.38. The van der Waals surface area contributed by atoms with Crippen LogP contribution in [0.1, 0.15) is 15.9 Å². The first-order chi connectivity index (χ1) is 13.1. The van der Waals surface area contributed by atoms with Gasteiger partial charge in [-0.25, -0.2) is 9.07 Å². The molecule has 0 N–H and O–H groups in total. The van der Waals surface area contributed by atoms with Gasteiger partial charge in [-0.1, -0.05) is 18.2 Å². The highest BCUT2D eigenvalue weighted by atomic mass is 19.1. The van der Waals surface area contributed by atoms with Gasteiger partial charge in [-0.15, -0.1) is 0 Å². The highest BCUT2D eigenvalue weighted by Gasteiger charge is 2.14. The Morgan fingerprint density at radius 2 is 1.89 bits per heavy atom. The summed E-state index contributed by atoms with van der Waals surface area (Å²) in [4.78, 5) is 18.7. The summed E-state index contributed by atoms with van der Waals surface area (Å²) >= 11 is 0. The Morgan fingerprint density at radius 1 is 1.11 bits per heavy atom. The molecule has 0 spiro atoms. The van der Waals surface area contributed by atoms with Gasteiger partial charge >= 0.3 is 0 Å². The number of halogens is 1. The number of carbonyl (C=O) groups is 1. The predicted molar refractivity (Wildman–Crippen MR) is 101 cm³/mol. The molecule has 0 fully saturated rings. The number of para-hydroxylation sites is 1. The molecule has 1 amide bonds. The van der Waals surface area contributed by atoms with Gasteiger partial charge in [0.25, 0.3) is 5.91 Å². The molecule has 4 rings (SSSR count). The molecular formula is C21H17FN4O. The van der Waals surface area contributed by atoms with E-state index in [-0.39, 0.29) is 11.7 Å². The van der Waals surface area contributed by atoms with E-state index in [0.717, 1.165) is 22.2 Å². The van der Waals surface area contributed by atoms with Gasteiger partial charge in [0, 0.05) is 36.9 Å². The zero-order valence-electron chi connectivity index (χ0n) is 14.7. The summed E-state index contributed by atoms with van der Waals surface area (Å²) in [7, 11) is 1.74. The predicted octanol–water partition coefficient (Wildman–Crippen LogP) is 3.83. The second-order valence-electron chi connectivity index (χ2n) is 6.35. The summed E-state index contributed by atoms with van der Waals surface area (Å²) in [5.41, 5.74) is 3.04. The first-order valence-corrected chi connectivity index (χ1v) is 8.50. The normalized spacial score (nSPS) is 10.9. The summed E-state index contributed by atoms with van der Waals surface area (Å²) in [5.74, 6) is -0.400. The van der Waals surface area contributed by atoms with Crippen molar-refractivity contribution in [3.63, 3.8) is 0 Å². The number of pyridine rings is 1. The van der Waals surface area contributed by atoms with Crippen LogP contribution in [0.15, 0.2) is 73.2 Å². The second-order valence-corrected chi connectivity index (χ2v) is 6.35. The van der Waals surface area contributed by atoms with Crippen LogP contribution >= 0.6 is 0 Å². The van der Waals surface area contributed by atoms with E-state index in [4.69, 9.17) is 0 Å². The lowest BCUT2D eigenvalue weighted by molar-refractivity contribution is 0.0785. The number of benzene rings is 2. The molecule has 2 heterocycles. The third-order valence-electron chi connectivity index (χ3n) is 4.33. The van der Waals surface area contributed by atoms with Crippen LogP contribution in [-0.4, -0.2) is 32.6 Å². The van der Waals surface area contributed by atoms with Crippen molar-refractivity contribution in [1.82, 2.24) is 19.7 Å². The van der Waals surface area contributed by atoms with Crippen molar-refractivity contribution in [3.8, 4) is 5.69 Å². The van der Waals surface area contributed by atoms with E-state index in [2.05, 4.69) is 10.1 Å². The van der Waals surface area contributed by atoms with Gasteiger partial charge in [-0.2, -0.15) is 5.10 Å². The molecule has 0 atom stereocenters. The second kappa shape index (κ2) is 6.99. The number of amides is 1. The largest absolute Gasteiger partial charge is 0.337 e. The topological polar surface area (TPSA) is 51.0 Å². The highest BCUT2D eigenvalue weighted by Crippen LogP contribution is 2.15. The zero-order chi connectivity index (χ0) is 18.8. The Balaban J connectivity index is 1.50. The molecular weight excluding hydrogens is 343 g/mol. The van der Waals surface area contributed by atoms with Gasteiger partial charge in [0.05, 0.1) is 23.0 Å². The van der Waals surface area contributed by atoms with E-state index in [1.807, 2.05) is 36.5 Å². The monoisotopic (exact) mass is 360 g/mol. The van der Waals surface area contributed by atoms with Crippen LogP contribution < -0.4 is 0 Å². The summed E-state index contributed by atoms with van der Waals surface area (Å²) in [6.07, 6.45) is 5.13. The van der Waals surface area contributed by atoms with E-state index in [0.29, 0.717) is 12.1 Å². The number of nitrogens with zero attached hydrogens (tertiary/aromatic N) is 4. The third-order valence-corrected chi connectivity index (χ3v) is 4.33. The highest BCUT2D eigenvalue weighted by molar-refractivity contribution is 5.97. The molecule has 0 aliphatic heterocycles. The van der Waals surface area contributed by atoms with Gasteiger partial charge in [-0.3, -0.25) is 9.78 Å². The molecule has 0 radical (unpaired) electrons. The molecule has 0 aliphatic rings. The lowest BCUT2D eigenvalue weighted by Gasteiger charge is -2.16. The van der Waals surface area contributed by atoms with Crippen molar-refractivity contribution in [2.24, 2.45) is 0 Å². The Morgan fingerprint density at radius 3 is 2.70 bits per heavy atom. The maximum atomic E-state index is 13.0. The first-order valence-electron chi connectivity index (χ1n) is 8.50. The minimum absolute atomic E-state index is 0.109. The molecule has 6 heteroatoms. The van der Waals surface area contributed by atoms with Crippen LogP contribution in [0.4, 0.5) is 4.39 Å². The fraction of sp³-hybridized carbons (Fsp3) is 0.0952. The molecule has 0 saturated carbocycles. The van der Waals surface area contributed by atoms with Crippen LogP contribution in [0.3, 0.4) is 0 Å². The smallest absolute Gasteiger partial charge is 0.255 e. The van der Waals surface area contributed by atoms with Crippen molar-refractivity contribution in [3.05, 3.63) is 90.1 Å². The first kappa shape index (κ1) is 16.9. The molecule has 0 saturated heterocycles. The number of fused-ring (bicyclic) bond motifs is 1. The average molecular weight is 360 g/mol. The van der Waals surface area contributed by atoms with Crippen LogP contribution in [0.2, 0.25) is 0 Å². The molecule has 4 aromatic rings. The molecule has 134 valence electrons. The Labute approximate surface area is 155 Å². The third kappa shape index (κ3) is 3.55. The van der Waals surface area contributed by atoms with Crippen molar-refractivity contribution in [2.75, 3.05) is 7.05 Å². The lowest BCUT2D eigenvalue weighted by Crippen LogP contribution is -2.26. The molecule has 2 aromatic heterocycles. The molecule has 0 aliphatic carbocycles. The zero-order valence-corrected chi connectivity index (χ0v) is 14.7. The minimum atomic E-state index is -0.291. The number of carbonyl (C=O) groups excluding carboxylic acids is 1. The van der Waals surface area contributed by atoms with E-state index in [1.54, 1.807) is 41.2 Å². The number of aromatic nitrogens is 3. The maximum Gasteiger partial charge on any atom is 0.255 e. The van der Waals surface area contributed by atoms with Gasteiger partial charge in [0.1, 0.15) is 5.82 Å². The molecule has 0 bridgehead atoms. The summed E-state index contributed by atoms with van der Waals surface area (Å²) in [6, 6.07) is 15.6. The average Bonchev–Trinajstić information content (AvgIpc) is 3.16. The number of rotatable bonds is 4. The molecule has 2 aromatic carbocycles. The standard InChI is InChI=1S/C21H17FN4O/c1-25(21(27)17-10-16-4-2-3-5-20(16)23-12-17)13-15-11-24-26(14-15)19-8-6-18(22)7-9-19/h2-12,14H,13H2,1H3. The number of hydrogen-bond donors (Lipinski definition) is 0. The summed E-state index contributed by atoms with van der Waals surface area (Å²) in [6.45, 7) is 0.410. The van der Waals surface area contributed by atoms with Gasteiger partial charge in [0.2, 0.25) is 0 Å². The fourth-order valence-corrected chi connectivity index (χ4v) is 2.93. The van der Waals surface area contributed by atoms with Gasteiger partial charge in [-0.05, 0) is 36.4 Å². The van der Waals surface area contributed by atoms with E-state index in [1.165, 1.54) is 12.1 Å². The van der Waals surface area contributed by atoms with Crippen molar-refractivity contribution < 1.29 is 9.18 Å². The lowest BCUT2D eigenvalue weighted by atomic mass is 10.1. The maximum absolute atomic E-state index is 13.0. The quantitative estimate of drug-likeness (QED) is 0.556. The van der Waals surface area contributed by atoms with E-state index in [9.17, 15) is 9.18 Å². The van der Waals surface area contributed by atoms with Crippen LogP contribution in [0.25, 0.3) is 16.6 Å². The van der Waals surface area contributed by atoms with Crippen molar-refractivity contribution in [1.29, 1.82) is 0 Å². The van der Waals surface area contributed by atoms with Crippen LogP contribution in [-0.2, 0) is 6.54 Å². The van der Waals surface area contributed by atoms with Crippen molar-refractivity contribution >= 4 is 16.8 Å². The molecule has 27 heavy (non-hydrogen) atoms. The van der Waals surface area contributed by atoms with Crippen LogP contribution in [0.5, 0.6) is 0 Å². The van der Waals surface area contributed by atoms with Gasteiger partial charge in [0.15, 0.2) is 0 Å². The van der Waals surface area contributed by atoms with Gasteiger partial charge < -0.3 is 4.90 Å². The van der Waals surface area contributed by atoms with E-state index < -0.39 is 0 Å². The Bertz CT molecular complexity index is 1100. The molecule has 0 unspecified atom stereocenters. The van der Waals surface area contributed by atoms with E-state index >= 15 is 0 Å². The number of hydrogen-bond acceptors (Lipinski definition) is 3. The fourth-order valence-electron chi connectivity index (χ4n) is 2.93. The Hall–Kier alpha value is -3.54. The van der Waals surface area contributed by atoms with Crippen molar-refractivity contribution in [2.45, 2.75) is 6.54 Å². The SMILES string of the molecule is CN(Cc1cnn(-c2ccc(F)cc2)c1)C(=O)c1cnc2ccccc2c1. The molecule has 5 nitrogen and oxygen atoms in total. The minimum Gasteiger partial charge on any atom is -0.337 e.